The Kier molecular flexibility index (Phi) is 3.57. The lowest BCUT2D eigenvalue weighted by Crippen LogP contribution is -2.48. The molecular weight excluding hydrogens is 360 g/mol. The maximum atomic E-state index is 13.8. The second-order valence-electron chi connectivity index (χ2n) is 9.48. The van der Waals surface area contributed by atoms with Crippen LogP contribution in [0.4, 0.5) is 0 Å². The molecule has 0 aliphatic heterocycles. The number of ether oxygens (including phenoxy) is 1. The van der Waals surface area contributed by atoms with Gasteiger partial charge in [-0.1, -0.05) is 39.0 Å². The highest BCUT2D eigenvalue weighted by atomic mass is 16.5. The first-order valence-electron chi connectivity index (χ1n) is 10.3. The lowest BCUT2D eigenvalue weighted by molar-refractivity contribution is -0.145. The van der Waals surface area contributed by atoms with Crippen LogP contribution in [-0.2, 0) is 15.6 Å². The van der Waals surface area contributed by atoms with Gasteiger partial charge in [-0.15, -0.1) is 0 Å². The van der Waals surface area contributed by atoms with Crippen LogP contribution in [0.5, 0.6) is 5.75 Å². The molecule has 3 aromatic rings. The number of esters is 1. The predicted octanol–water partition coefficient (Wildman–Crippen LogP) is 5.18. The van der Waals surface area contributed by atoms with Gasteiger partial charge in [-0.25, -0.2) is 9.97 Å². The minimum absolute atomic E-state index is 0.207. The van der Waals surface area contributed by atoms with E-state index in [1.54, 1.807) is 0 Å². The third-order valence-electron chi connectivity index (χ3n) is 7.70. The Labute approximate surface area is 171 Å². The summed E-state index contributed by atoms with van der Waals surface area (Å²) in [5, 5.41) is 0. The van der Waals surface area contributed by atoms with Crippen molar-refractivity contribution < 1.29 is 9.53 Å². The van der Waals surface area contributed by atoms with Crippen LogP contribution in [0, 0.1) is 19.3 Å². The number of rotatable bonds is 2. The fraction of sp³-hybridized carbons (Fsp3) is 0.400. The quantitative estimate of drug-likeness (QED) is 0.450. The zero-order valence-electron chi connectivity index (χ0n) is 17.7. The Morgan fingerprint density at radius 1 is 0.897 bits per heavy atom. The van der Waals surface area contributed by atoms with Crippen LogP contribution in [0.25, 0.3) is 11.0 Å². The summed E-state index contributed by atoms with van der Waals surface area (Å²) in [7, 11) is 0. The minimum atomic E-state index is -0.786. The van der Waals surface area contributed by atoms with E-state index in [0.29, 0.717) is 5.75 Å². The van der Waals surface area contributed by atoms with Crippen molar-refractivity contribution in [1.29, 1.82) is 0 Å². The number of carbonyl (C=O) groups excluding carboxylic acids is 1. The topological polar surface area (TPSA) is 52.1 Å². The smallest absolute Gasteiger partial charge is 0.324 e. The Bertz CT molecular complexity index is 1160. The molecule has 0 radical (unpaired) electrons. The van der Waals surface area contributed by atoms with Gasteiger partial charge in [0.25, 0.3) is 0 Å². The summed E-state index contributed by atoms with van der Waals surface area (Å²) in [6.45, 7) is 10.6. The molecule has 4 nitrogen and oxygen atoms in total. The molecule has 2 atom stereocenters. The molecule has 0 spiro atoms. The van der Waals surface area contributed by atoms with Crippen molar-refractivity contribution in [2.75, 3.05) is 0 Å². The van der Waals surface area contributed by atoms with E-state index in [4.69, 9.17) is 14.7 Å². The largest absolute Gasteiger partial charge is 0.426 e. The Hall–Kier alpha value is -2.75. The standard InChI is InChI=1S/C25H26N2O2/c1-15-12-16(2)14-17(13-15)29-22(28)25-11-10-24(5,23(25,3)4)20-21(25)27-19-9-7-6-8-18(19)26-20/h6-9,12-14H,10-11H2,1-5H3. The van der Waals surface area contributed by atoms with Gasteiger partial charge in [-0.05, 0) is 67.5 Å². The fourth-order valence-electron chi connectivity index (χ4n) is 5.68. The monoisotopic (exact) mass is 386 g/mol. The lowest BCUT2D eigenvalue weighted by atomic mass is 9.64. The summed E-state index contributed by atoms with van der Waals surface area (Å²) in [5.41, 5.74) is 4.32. The van der Waals surface area contributed by atoms with Gasteiger partial charge in [0.15, 0.2) is 0 Å². The highest BCUT2D eigenvalue weighted by molar-refractivity contribution is 5.90. The molecule has 148 valence electrons. The van der Waals surface area contributed by atoms with Gasteiger partial charge < -0.3 is 4.74 Å². The van der Waals surface area contributed by atoms with Crippen LogP contribution < -0.4 is 4.74 Å². The maximum Gasteiger partial charge on any atom is 0.324 e. The molecule has 1 heterocycles. The first-order chi connectivity index (χ1) is 13.7. The van der Waals surface area contributed by atoms with E-state index in [9.17, 15) is 4.79 Å². The molecule has 0 saturated heterocycles. The zero-order chi connectivity index (χ0) is 20.6. The van der Waals surface area contributed by atoms with Gasteiger partial charge in [0.2, 0.25) is 0 Å². The van der Waals surface area contributed by atoms with Crippen molar-refractivity contribution in [1.82, 2.24) is 9.97 Å². The molecule has 1 aromatic heterocycles. The zero-order valence-corrected chi connectivity index (χ0v) is 17.7. The Morgan fingerprint density at radius 3 is 2.10 bits per heavy atom. The van der Waals surface area contributed by atoms with E-state index in [1.165, 1.54) is 0 Å². The third-order valence-corrected chi connectivity index (χ3v) is 7.70. The number of hydrogen-bond donors (Lipinski definition) is 0. The number of nitrogens with zero attached hydrogens (tertiary/aromatic N) is 2. The van der Waals surface area contributed by atoms with Gasteiger partial charge >= 0.3 is 5.97 Å². The summed E-state index contributed by atoms with van der Waals surface area (Å²) in [6.07, 6.45) is 1.64. The number of carbonyl (C=O) groups is 1. The molecule has 5 rings (SSSR count). The van der Waals surface area contributed by atoms with Crippen LogP contribution in [0.1, 0.15) is 56.1 Å². The number of benzene rings is 2. The van der Waals surface area contributed by atoms with E-state index >= 15 is 0 Å². The van der Waals surface area contributed by atoms with E-state index in [0.717, 1.165) is 46.4 Å². The highest BCUT2D eigenvalue weighted by Crippen LogP contribution is 2.70. The summed E-state index contributed by atoms with van der Waals surface area (Å²) >= 11 is 0. The number of aromatic nitrogens is 2. The molecule has 4 heteroatoms. The van der Waals surface area contributed by atoms with E-state index in [1.807, 2.05) is 50.2 Å². The fourth-order valence-corrected chi connectivity index (χ4v) is 5.68. The number of aryl methyl sites for hydroxylation is 2. The number of hydrogen-bond acceptors (Lipinski definition) is 4. The van der Waals surface area contributed by atoms with Crippen molar-refractivity contribution in [2.45, 2.75) is 58.3 Å². The average molecular weight is 386 g/mol. The van der Waals surface area contributed by atoms with Crippen LogP contribution in [0.15, 0.2) is 42.5 Å². The lowest BCUT2D eigenvalue weighted by Gasteiger charge is -2.38. The number of fused-ring (bicyclic) bond motifs is 6. The van der Waals surface area contributed by atoms with E-state index in [2.05, 4.69) is 26.8 Å². The van der Waals surface area contributed by atoms with E-state index < -0.39 is 5.41 Å². The first kappa shape index (κ1) is 18.3. The molecule has 2 bridgehead atoms. The second kappa shape index (κ2) is 5.65. The average Bonchev–Trinajstić information content (AvgIpc) is 2.95. The summed E-state index contributed by atoms with van der Waals surface area (Å²) in [5.74, 6) is 0.396. The minimum Gasteiger partial charge on any atom is -0.426 e. The molecule has 2 aliphatic carbocycles. The third kappa shape index (κ3) is 2.17. The van der Waals surface area contributed by atoms with Crippen LogP contribution >= 0.6 is 0 Å². The summed E-state index contributed by atoms with van der Waals surface area (Å²) < 4.78 is 6.02. The maximum absolute atomic E-state index is 13.8. The normalized spacial score (nSPS) is 26.5. The molecule has 0 amide bonds. The van der Waals surface area contributed by atoms with Crippen LogP contribution in [0.2, 0.25) is 0 Å². The molecule has 2 aliphatic rings. The summed E-state index contributed by atoms with van der Waals surface area (Å²) in [4.78, 5) is 23.8. The van der Waals surface area contributed by atoms with Gasteiger partial charge in [-0.2, -0.15) is 0 Å². The first-order valence-corrected chi connectivity index (χ1v) is 10.3. The molecule has 0 N–H and O–H groups in total. The molecule has 2 aromatic carbocycles. The Balaban J connectivity index is 1.69. The van der Waals surface area contributed by atoms with Crippen molar-refractivity contribution in [2.24, 2.45) is 5.41 Å². The van der Waals surface area contributed by atoms with Gasteiger partial charge in [0, 0.05) is 5.41 Å². The van der Waals surface area contributed by atoms with E-state index in [-0.39, 0.29) is 16.8 Å². The van der Waals surface area contributed by atoms with Gasteiger partial charge in [0.1, 0.15) is 11.2 Å². The molecule has 29 heavy (non-hydrogen) atoms. The van der Waals surface area contributed by atoms with Gasteiger partial charge in [-0.3, -0.25) is 4.79 Å². The Morgan fingerprint density at radius 2 is 1.48 bits per heavy atom. The molecule has 2 unspecified atom stereocenters. The highest BCUT2D eigenvalue weighted by Gasteiger charge is 2.74. The predicted molar refractivity (Wildman–Crippen MR) is 113 cm³/mol. The van der Waals surface area contributed by atoms with Gasteiger partial charge in [0.05, 0.1) is 22.4 Å². The number of para-hydroxylation sites is 2. The van der Waals surface area contributed by atoms with Crippen LogP contribution in [-0.4, -0.2) is 15.9 Å². The molecule has 1 saturated carbocycles. The second-order valence-corrected chi connectivity index (χ2v) is 9.48. The molecular formula is C25H26N2O2. The van der Waals surface area contributed by atoms with Crippen molar-refractivity contribution >= 4 is 17.0 Å². The van der Waals surface area contributed by atoms with Crippen LogP contribution in [0.3, 0.4) is 0 Å². The SMILES string of the molecule is Cc1cc(C)cc(OC(=O)C23CCC(C)(c4nc5ccccc5nc42)C3(C)C)c1. The van der Waals surface area contributed by atoms with Crippen molar-refractivity contribution in [3.8, 4) is 5.75 Å². The van der Waals surface area contributed by atoms with Crippen molar-refractivity contribution in [3.63, 3.8) is 0 Å². The van der Waals surface area contributed by atoms with Crippen molar-refractivity contribution in [3.05, 3.63) is 65.0 Å². The molecule has 1 fully saturated rings. The summed E-state index contributed by atoms with van der Waals surface area (Å²) in [6, 6.07) is 13.8.